The van der Waals surface area contributed by atoms with Crippen LogP contribution in [0.2, 0.25) is 0 Å². The van der Waals surface area contributed by atoms with Gasteiger partial charge in [0.2, 0.25) is 0 Å². The van der Waals surface area contributed by atoms with Crippen LogP contribution in [0.3, 0.4) is 0 Å². The zero-order valence-electron chi connectivity index (χ0n) is 17.3. The summed E-state index contributed by atoms with van der Waals surface area (Å²) in [6, 6.07) is 15.8. The van der Waals surface area contributed by atoms with E-state index in [0.717, 1.165) is 66.4 Å². The van der Waals surface area contributed by atoms with Crippen molar-refractivity contribution in [3.8, 4) is 11.4 Å². The van der Waals surface area contributed by atoms with Crippen molar-refractivity contribution < 1.29 is 13.2 Å². The number of nitrogens with zero attached hydrogens (tertiary/aromatic N) is 4. The molecule has 0 bridgehead atoms. The maximum atomic E-state index is 13.0. The van der Waals surface area contributed by atoms with Crippen molar-refractivity contribution in [2.45, 2.75) is 30.1 Å². The number of alkyl halides is 3. The van der Waals surface area contributed by atoms with Crippen LogP contribution >= 0.6 is 11.8 Å². The Balaban J connectivity index is 1.27. The number of piperidine rings is 1. The Kier molecular flexibility index (Phi) is 6.67. The van der Waals surface area contributed by atoms with Crippen molar-refractivity contribution in [2.75, 3.05) is 25.4 Å². The van der Waals surface area contributed by atoms with Gasteiger partial charge in [-0.05, 0) is 43.5 Å². The quantitative estimate of drug-likeness (QED) is 0.470. The Morgan fingerprint density at radius 3 is 2.45 bits per heavy atom. The molecule has 0 saturated carbocycles. The van der Waals surface area contributed by atoms with E-state index in [2.05, 4.69) is 15.1 Å². The van der Waals surface area contributed by atoms with Gasteiger partial charge in [-0.1, -0.05) is 60.3 Å². The minimum absolute atomic E-state index is 0.193. The van der Waals surface area contributed by atoms with E-state index in [0.29, 0.717) is 0 Å². The lowest BCUT2D eigenvalue weighted by molar-refractivity contribution is -0.137. The zero-order valence-corrected chi connectivity index (χ0v) is 18.2. The van der Waals surface area contributed by atoms with Crippen molar-refractivity contribution in [1.82, 2.24) is 19.7 Å². The molecule has 4 nitrogen and oxygen atoms in total. The van der Waals surface area contributed by atoms with Gasteiger partial charge in [0.15, 0.2) is 11.0 Å². The number of aromatic nitrogens is 3. The number of thioether (sulfide) groups is 1. The van der Waals surface area contributed by atoms with Gasteiger partial charge in [-0.3, -0.25) is 0 Å². The SMILES string of the molecule is Cn1c(SCCN2CCC(c3cccc(C(F)(F)F)c3)CC2)nnc1-c1ccccc1. The van der Waals surface area contributed by atoms with Crippen molar-refractivity contribution in [3.63, 3.8) is 0 Å². The van der Waals surface area contributed by atoms with Crippen LogP contribution in [0.5, 0.6) is 0 Å². The number of hydrogen-bond acceptors (Lipinski definition) is 4. The molecule has 164 valence electrons. The molecule has 0 radical (unpaired) electrons. The van der Waals surface area contributed by atoms with Gasteiger partial charge in [0.1, 0.15) is 0 Å². The zero-order chi connectivity index (χ0) is 21.8. The van der Waals surface area contributed by atoms with Gasteiger partial charge < -0.3 is 9.47 Å². The van der Waals surface area contributed by atoms with Crippen LogP contribution in [0.15, 0.2) is 59.8 Å². The molecule has 0 aliphatic carbocycles. The van der Waals surface area contributed by atoms with Crippen LogP contribution in [0.25, 0.3) is 11.4 Å². The summed E-state index contributed by atoms with van der Waals surface area (Å²) in [5, 5.41) is 9.52. The number of hydrogen-bond donors (Lipinski definition) is 0. The molecule has 0 amide bonds. The third kappa shape index (κ3) is 5.30. The molecule has 8 heteroatoms. The number of rotatable bonds is 6. The number of halogens is 3. The highest BCUT2D eigenvalue weighted by Crippen LogP contribution is 2.34. The molecule has 0 spiro atoms. The minimum Gasteiger partial charge on any atom is -0.305 e. The van der Waals surface area contributed by atoms with Crippen LogP contribution in [0.4, 0.5) is 13.2 Å². The van der Waals surface area contributed by atoms with E-state index in [1.807, 2.05) is 48.0 Å². The molecule has 4 rings (SSSR count). The first-order valence-electron chi connectivity index (χ1n) is 10.4. The van der Waals surface area contributed by atoms with Gasteiger partial charge in [0.25, 0.3) is 0 Å². The third-order valence-electron chi connectivity index (χ3n) is 5.78. The van der Waals surface area contributed by atoms with E-state index < -0.39 is 11.7 Å². The van der Waals surface area contributed by atoms with Crippen molar-refractivity contribution >= 4 is 11.8 Å². The topological polar surface area (TPSA) is 34.0 Å². The standard InChI is InChI=1S/C23H25F3N4S/c1-29-21(18-6-3-2-4-7-18)27-28-22(29)31-15-14-30-12-10-17(11-13-30)19-8-5-9-20(16-19)23(24,25)26/h2-9,16-17H,10-15H2,1H3. The summed E-state index contributed by atoms with van der Waals surface area (Å²) in [4.78, 5) is 2.38. The first-order chi connectivity index (χ1) is 14.9. The van der Waals surface area contributed by atoms with Gasteiger partial charge in [-0.2, -0.15) is 13.2 Å². The van der Waals surface area contributed by atoms with Gasteiger partial charge in [-0.25, -0.2) is 0 Å². The van der Waals surface area contributed by atoms with E-state index in [4.69, 9.17) is 0 Å². The van der Waals surface area contributed by atoms with Gasteiger partial charge >= 0.3 is 6.18 Å². The molecular weight excluding hydrogens is 421 g/mol. The largest absolute Gasteiger partial charge is 0.416 e. The fourth-order valence-corrected chi connectivity index (χ4v) is 4.91. The van der Waals surface area contributed by atoms with E-state index in [9.17, 15) is 13.2 Å². The highest BCUT2D eigenvalue weighted by Gasteiger charge is 2.31. The average molecular weight is 447 g/mol. The Hall–Kier alpha value is -2.32. The smallest absolute Gasteiger partial charge is 0.305 e. The monoisotopic (exact) mass is 446 g/mol. The molecule has 3 aromatic rings. The average Bonchev–Trinajstić information content (AvgIpc) is 3.15. The highest BCUT2D eigenvalue weighted by atomic mass is 32.2. The lowest BCUT2D eigenvalue weighted by Crippen LogP contribution is -2.34. The van der Waals surface area contributed by atoms with Crippen molar-refractivity contribution in [3.05, 3.63) is 65.7 Å². The van der Waals surface area contributed by atoms with Gasteiger partial charge in [-0.15, -0.1) is 10.2 Å². The molecule has 2 heterocycles. The second-order valence-electron chi connectivity index (χ2n) is 7.82. The third-order valence-corrected chi connectivity index (χ3v) is 6.78. The summed E-state index contributed by atoms with van der Waals surface area (Å²) in [6.45, 7) is 2.72. The van der Waals surface area contributed by atoms with E-state index >= 15 is 0 Å². The molecule has 2 aromatic carbocycles. The summed E-state index contributed by atoms with van der Waals surface area (Å²) in [6.07, 6.45) is -2.52. The fourth-order valence-electron chi connectivity index (χ4n) is 4.00. The molecule has 1 aromatic heterocycles. The second-order valence-corrected chi connectivity index (χ2v) is 8.88. The predicted octanol–water partition coefficient (Wildman–Crippen LogP) is 5.47. The molecule has 1 aliphatic heterocycles. The van der Waals surface area contributed by atoms with Crippen molar-refractivity contribution in [2.24, 2.45) is 7.05 Å². The second kappa shape index (κ2) is 9.44. The molecule has 0 N–H and O–H groups in total. The Labute approximate surface area is 184 Å². The Bertz CT molecular complexity index is 996. The van der Waals surface area contributed by atoms with Crippen LogP contribution in [-0.2, 0) is 13.2 Å². The van der Waals surface area contributed by atoms with Crippen LogP contribution < -0.4 is 0 Å². The first kappa shape index (κ1) is 21.9. The molecule has 1 fully saturated rings. The molecular formula is C23H25F3N4S. The fraction of sp³-hybridized carbons (Fsp3) is 0.391. The Morgan fingerprint density at radius 1 is 1.00 bits per heavy atom. The van der Waals surface area contributed by atoms with Gasteiger partial charge in [0.05, 0.1) is 5.56 Å². The lowest BCUT2D eigenvalue weighted by atomic mass is 9.88. The van der Waals surface area contributed by atoms with Gasteiger partial charge in [0, 0.05) is 24.9 Å². The van der Waals surface area contributed by atoms with E-state index in [-0.39, 0.29) is 5.92 Å². The predicted molar refractivity (Wildman–Crippen MR) is 117 cm³/mol. The van der Waals surface area contributed by atoms with Crippen molar-refractivity contribution in [1.29, 1.82) is 0 Å². The summed E-state index contributed by atoms with van der Waals surface area (Å²) in [5.41, 5.74) is 1.29. The number of likely N-dealkylation sites (tertiary alicyclic amines) is 1. The van der Waals surface area contributed by atoms with Crippen LogP contribution in [0.1, 0.15) is 29.9 Å². The number of benzene rings is 2. The Morgan fingerprint density at radius 2 is 1.74 bits per heavy atom. The maximum absolute atomic E-state index is 13.0. The summed E-state index contributed by atoms with van der Waals surface area (Å²) in [5.74, 6) is 1.94. The molecule has 1 saturated heterocycles. The molecule has 1 aliphatic rings. The molecule has 0 atom stereocenters. The normalized spacial score (nSPS) is 16.0. The highest BCUT2D eigenvalue weighted by molar-refractivity contribution is 7.99. The van der Waals surface area contributed by atoms with Crippen LogP contribution in [0, 0.1) is 0 Å². The summed E-state index contributed by atoms with van der Waals surface area (Å²) in [7, 11) is 1.98. The van der Waals surface area contributed by atoms with Crippen LogP contribution in [-0.4, -0.2) is 45.1 Å². The molecule has 31 heavy (non-hydrogen) atoms. The first-order valence-corrected chi connectivity index (χ1v) is 11.4. The summed E-state index contributed by atoms with van der Waals surface area (Å²) < 4.78 is 41.0. The molecule has 0 unspecified atom stereocenters. The lowest BCUT2D eigenvalue weighted by Gasteiger charge is -2.32. The van der Waals surface area contributed by atoms with E-state index in [1.54, 1.807) is 11.8 Å². The summed E-state index contributed by atoms with van der Waals surface area (Å²) >= 11 is 1.68. The minimum atomic E-state index is -4.28. The maximum Gasteiger partial charge on any atom is 0.416 e. The van der Waals surface area contributed by atoms with E-state index in [1.165, 1.54) is 12.1 Å².